The molecule has 1 unspecified atom stereocenters. The van der Waals surface area contributed by atoms with E-state index in [1.807, 2.05) is 7.05 Å². The van der Waals surface area contributed by atoms with Crippen LogP contribution in [-0.2, 0) is 4.74 Å². The molecule has 0 aliphatic rings. The summed E-state index contributed by atoms with van der Waals surface area (Å²) in [7, 11) is 1.91. The molecular weight excluding hydrogens is 150 g/mol. The van der Waals surface area contributed by atoms with Crippen molar-refractivity contribution in [3.63, 3.8) is 0 Å². The first-order valence-corrected chi connectivity index (χ1v) is 4.50. The summed E-state index contributed by atoms with van der Waals surface area (Å²) in [5.74, 6) is 0.576. The predicted octanol–water partition coefficient (Wildman–Crippen LogP) is 1.82. The smallest absolute Gasteiger partial charge is 0.0690 e. The van der Waals surface area contributed by atoms with E-state index < -0.39 is 0 Å². The van der Waals surface area contributed by atoms with Crippen molar-refractivity contribution in [3.05, 3.63) is 12.2 Å². The third-order valence-electron chi connectivity index (χ3n) is 1.92. The molecule has 0 aromatic heterocycles. The van der Waals surface area contributed by atoms with Gasteiger partial charge in [-0.1, -0.05) is 20.4 Å². The van der Waals surface area contributed by atoms with Gasteiger partial charge in [-0.25, -0.2) is 0 Å². The van der Waals surface area contributed by atoms with Crippen LogP contribution in [0.1, 0.15) is 20.8 Å². The SMILES string of the molecule is C=C(CNC)COC(C)C(C)C. The average Bonchev–Trinajstić information content (AvgIpc) is 2.00. The van der Waals surface area contributed by atoms with E-state index in [1.165, 1.54) is 0 Å². The molecule has 2 heteroatoms. The Hall–Kier alpha value is -0.340. The van der Waals surface area contributed by atoms with Crippen LogP contribution in [0.4, 0.5) is 0 Å². The van der Waals surface area contributed by atoms with E-state index >= 15 is 0 Å². The second kappa shape index (κ2) is 6.21. The highest BCUT2D eigenvalue weighted by Crippen LogP contribution is 2.06. The van der Waals surface area contributed by atoms with Crippen molar-refractivity contribution < 1.29 is 4.74 Å². The lowest BCUT2D eigenvalue weighted by Crippen LogP contribution is -2.20. The van der Waals surface area contributed by atoms with Gasteiger partial charge in [-0.2, -0.15) is 0 Å². The van der Waals surface area contributed by atoms with Gasteiger partial charge in [0.25, 0.3) is 0 Å². The molecule has 0 bridgehead atoms. The molecule has 0 aliphatic heterocycles. The molecule has 0 saturated carbocycles. The van der Waals surface area contributed by atoms with Crippen LogP contribution in [0.3, 0.4) is 0 Å². The summed E-state index contributed by atoms with van der Waals surface area (Å²) in [5, 5.41) is 3.04. The number of likely N-dealkylation sites (N-methyl/N-ethyl adjacent to an activating group) is 1. The monoisotopic (exact) mass is 171 g/mol. The Balaban J connectivity index is 3.47. The summed E-state index contributed by atoms with van der Waals surface area (Å²) in [4.78, 5) is 0. The lowest BCUT2D eigenvalue weighted by Gasteiger charge is -2.17. The van der Waals surface area contributed by atoms with Gasteiger partial charge in [0, 0.05) is 6.54 Å². The van der Waals surface area contributed by atoms with E-state index in [0.29, 0.717) is 18.6 Å². The zero-order valence-electron chi connectivity index (χ0n) is 8.68. The van der Waals surface area contributed by atoms with E-state index in [1.54, 1.807) is 0 Å². The lowest BCUT2D eigenvalue weighted by molar-refractivity contribution is 0.0500. The maximum Gasteiger partial charge on any atom is 0.0690 e. The number of nitrogens with one attached hydrogen (secondary N) is 1. The first-order valence-electron chi connectivity index (χ1n) is 4.50. The molecule has 0 aromatic carbocycles. The highest BCUT2D eigenvalue weighted by Gasteiger charge is 2.06. The van der Waals surface area contributed by atoms with Crippen molar-refractivity contribution in [1.82, 2.24) is 5.32 Å². The largest absolute Gasteiger partial charge is 0.374 e. The lowest BCUT2D eigenvalue weighted by atomic mass is 10.1. The van der Waals surface area contributed by atoms with Crippen LogP contribution in [0.15, 0.2) is 12.2 Å². The highest BCUT2D eigenvalue weighted by molar-refractivity contribution is 4.96. The minimum Gasteiger partial charge on any atom is -0.374 e. The van der Waals surface area contributed by atoms with Crippen LogP contribution in [0.2, 0.25) is 0 Å². The number of hydrogen-bond acceptors (Lipinski definition) is 2. The van der Waals surface area contributed by atoms with Gasteiger partial charge < -0.3 is 10.1 Å². The molecule has 0 aliphatic carbocycles. The molecule has 12 heavy (non-hydrogen) atoms. The van der Waals surface area contributed by atoms with Crippen molar-refractivity contribution in [1.29, 1.82) is 0 Å². The number of rotatable bonds is 6. The van der Waals surface area contributed by atoms with Crippen LogP contribution in [0, 0.1) is 5.92 Å². The van der Waals surface area contributed by atoms with E-state index in [9.17, 15) is 0 Å². The van der Waals surface area contributed by atoms with Crippen LogP contribution in [0.5, 0.6) is 0 Å². The van der Waals surface area contributed by atoms with Crippen LogP contribution >= 0.6 is 0 Å². The quantitative estimate of drug-likeness (QED) is 0.616. The Bertz CT molecular complexity index is 132. The molecule has 0 rings (SSSR count). The van der Waals surface area contributed by atoms with E-state index in [-0.39, 0.29) is 0 Å². The third-order valence-corrected chi connectivity index (χ3v) is 1.92. The maximum atomic E-state index is 5.58. The van der Waals surface area contributed by atoms with Gasteiger partial charge in [-0.3, -0.25) is 0 Å². The number of hydrogen-bond donors (Lipinski definition) is 1. The molecule has 0 radical (unpaired) electrons. The van der Waals surface area contributed by atoms with Gasteiger partial charge >= 0.3 is 0 Å². The molecule has 1 atom stereocenters. The van der Waals surface area contributed by atoms with Gasteiger partial charge in [0.2, 0.25) is 0 Å². The molecule has 0 spiro atoms. The van der Waals surface area contributed by atoms with E-state index in [2.05, 4.69) is 32.7 Å². The summed E-state index contributed by atoms with van der Waals surface area (Å²) in [6.07, 6.45) is 0.318. The van der Waals surface area contributed by atoms with Crippen molar-refractivity contribution in [3.8, 4) is 0 Å². The maximum absolute atomic E-state index is 5.58. The Kier molecular flexibility index (Phi) is 6.03. The average molecular weight is 171 g/mol. The fourth-order valence-electron chi connectivity index (χ4n) is 0.743. The Morgan fingerprint density at radius 2 is 2.00 bits per heavy atom. The predicted molar refractivity (Wildman–Crippen MR) is 53.3 cm³/mol. The van der Waals surface area contributed by atoms with Gasteiger partial charge in [0.1, 0.15) is 0 Å². The van der Waals surface area contributed by atoms with Crippen molar-refractivity contribution in [2.24, 2.45) is 5.92 Å². The molecule has 0 amide bonds. The molecule has 0 fully saturated rings. The minimum atomic E-state index is 0.318. The van der Waals surface area contributed by atoms with Crippen LogP contribution < -0.4 is 5.32 Å². The van der Waals surface area contributed by atoms with E-state index in [0.717, 1.165) is 12.1 Å². The van der Waals surface area contributed by atoms with Crippen LogP contribution in [-0.4, -0.2) is 26.3 Å². The van der Waals surface area contributed by atoms with Gasteiger partial charge in [-0.15, -0.1) is 0 Å². The molecule has 1 N–H and O–H groups in total. The topological polar surface area (TPSA) is 21.3 Å². The number of ether oxygens (including phenoxy) is 1. The molecule has 0 heterocycles. The molecular formula is C10H21NO. The van der Waals surface area contributed by atoms with Gasteiger partial charge in [0.15, 0.2) is 0 Å². The summed E-state index contributed by atoms with van der Waals surface area (Å²) < 4.78 is 5.58. The molecule has 0 saturated heterocycles. The second-order valence-electron chi connectivity index (χ2n) is 3.54. The zero-order valence-corrected chi connectivity index (χ0v) is 8.68. The first kappa shape index (κ1) is 11.7. The third kappa shape index (κ3) is 5.33. The Labute approximate surface area is 76.0 Å². The second-order valence-corrected chi connectivity index (χ2v) is 3.54. The zero-order chi connectivity index (χ0) is 9.56. The molecule has 0 aromatic rings. The summed E-state index contributed by atoms with van der Waals surface area (Å²) in [6.45, 7) is 11.8. The summed E-state index contributed by atoms with van der Waals surface area (Å²) in [5.41, 5.74) is 1.10. The van der Waals surface area contributed by atoms with Crippen LogP contribution in [0.25, 0.3) is 0 Å². The highest BCUT2D eigenvalue weighted by atomic mass is 16.5. The van der Waals surface area contributed by atoms with Crippen molar-refractivity contribution >= 4 is 0 Å². The van der Waals surface area contributed by atoms with E-state index in [4.69, 9.17) is 4.74 Å². The summed E-state index contributed by atoms with van der Waals surface area (Å²) >= 11 is 0. The molecule has 2 nitrogen and oxygen atoms in total. The fraction of sp³-hybridized carbons (Fsp3) is 0.800. The van der Waals surface area contributed by atoms with Crippen molar-refractivity contribution in [2.75, 3.05) is 20.2 Å². The first-order chi connectivity index (χ1) is 5.57. The Morgan fingerprint density at radius 3 is 2.42 bits per heavy atom. The molecule has 72 valence electrons. The fourth-order valence-corrected chi connectivity index (χ4v) is 0.743. The Morgan fingerprint density at radius 1 is 1.42 bits per heavy atom. The summed E-state index contributed by atoms with van der Waals surface area (Å²) in [6, 6.07) is 0. The minimum absolute atomic E-state index is 0.318. The van der Waals surface area contributed by atoms with Gasteiger partial charge in [0.05, 0.1) is 12.7 Å². The standard InChI is InChI=1S/C10H21NO/c1-8(2)10(4)12-7-9(3)6-11-5/h8,10-11H,3,6-7H2,1-2,4-5H3. The van der Waals surface area contributed by atoms with Crippen molar-refractivity contribution in [2.45, 2.75) is 26.9 Å². The normalized spacial score (nSPS) is 13.4. The van der Waals surface area contributed by atoms with Gasteiger partial charge in [-0.05, 0) is 25.5 Å².